The minimum atomic E-state index is -0.507. The maximum absolute atomic E-state index is 11.7. The van der Waals surface area contributed by atoms with Crippen molar-refractivity contribution in [2.75, 3.05) is 19.8 Å². The molecule has 0 N–H and O–H groups in total. The minimum absolute atomic E-state index is 0.0429. The van der Waals surface area contributed by atoms with Gasteiger partial charge in [-0.1, -0.05) is 0 Å². The van der Waals surface area contributed by atoms with Crippen LogP contribution in [-0.4, -0.2) is 41.5 Å². The number of hydrogen-bond donors (Lipinski definition) is 0. The Balaban J connectivity index is 2.34. The van der Waals surface area contributed by atoms with E-state index in [1.54, 1.807) is 6.92 Å². The van der Waals surface area contributed by atoms with E-state index >= 15 is 0 Å². The number of hydrogen-bond acceptors (Lipinski definition) is 6. The fourth-order valence-corrected chi connectivity index (χ4v) is 1.61. The fourth-order valence-electron chi connectivity index (χ4n) is 1.48. The number of carbonyl (C=O) groups is 1. The molecule has 1 saturated heterocycles. The predicted octanol–water partition coefficient (Wildman–Crippen LogP) is 1.80. The van der Waals surface area contributed by atoms with E-state index in [9.17, 15) is 4.79 Å². The summed E-state index contributed by atoms with van der Waals surface area (Å²) in [6, 6.07) is 0. The zero-order chi connectivity index (χ0) is 13.0. The quantitative estimate of drug-likeness (QED) is 0.618. The molecule has 1 aliphatic heterocycles. The maximum atomic E-state index is 11.7. The molecule has 1 fully saturated rings. The van der Waals surface area contributed by atoms with Gasteiger partial charge < -0.3 is 9.47 Å². The molecule has 2 heterocycles. The fraction of sp³-hybridized carbons (Fsp3) is 0.455. The topological polar surface area (TPSA) is 73.7 Å². The van der Waals surface area contributed by atoms with Crippen LogP contribution >= 0.6 is 11.6 Å². The molecular formula is C11H12ClN3O3. The Hall–Kier alpha value is -1.53. The molecule has 0 bridgehead atoms. The van der Waals surface area contributed by atoms with Crippen molar-refractivity contribution in [3.8, 4) is 0 Å². The smallest absolute Gasteiger partial charge is 0.343 e. The summed E-state index contributed by atoms with van der Waals surface area (Å²) in [5.74, 6) is -0.276. The van der Waals surface area contributed by atoms with Gasteiger partial charge in [0.1, 0.15) is 5.56 Å². The largest absolute Gasteiger partial charge is 0.462 e. The molecule has 1 aromatic heterocycles. The van der Waals surface area contributed by atoms with Gasteiger partial charge >= 0.3 is 5.97 Å². The Morgan fingerprint density at radius 3 is 3.17 bits per heavy atom. The van der Waals surface area contributed by atoms with E-state index in [1.165, 1.54) is 6.20 Å². The van der Waals surface area contributed by atoms with Crippen LogP contribution in [0, 0.1) is 0 Å². The molecule has 0 saturated carbocycles. The van der Waals surface area contributed by atoms with E-state index in [0.29, 0.717) is 13.2 Å². The highest BCUT2D eigenvalue weighted by atomic mass is 35.5. The van der Waals surface area contributed by atoms with Crippen LogP contribution in [-0.2, 0) is 9.47 Å². The lowest BCUT2D eigenvalue weighted by Crippen LogP contribution is -2.07. The average Bonchev–Trinajstić information content (AvgIpc) is 2.82. The van der Waals surface area contributed by atoms with Crippen molar-refractivity contribution in [1.82, 2.24) is 9.97 Å². The van der Waals surface area contributed by atoms with Crippen LogP contribution in [0.25, 0.3) is 0 Å². The lowest BCUT2D eigenvalue weighted by atomic mass is 10.3. The van der Waals surface area contributed by atoms with E-state index in [1.807, 2.05) is 0 Å². The van der Waals surface area contributed by atoms with Crippen molar-refractivity contribution in [3.63, 3.8) is 0 Å². The van der Waals surface area contributed by atoms with Gasteiger partial charge in [0, 0.05) is 18.3 Å². The van der Waals surface area contributed by atoms with Gasteiger partial charge in [-0.25, -0.2) is 14.8 Å². The van der Waals surface area contributed by atoms with Gasteiger partial charge in [-0.2, -0.15) is 4.98 Å². The molecule has 1 aliphatic rings. The van der Waals surface area contributed by atoms with Crippen LogP contribution in [0.3, 0.4) is 0 Å². The van der Waals surface area contributed by atoms with Crippen molar-refractivity contribution in [2.24, 2.45) is 4.99 Å². The van der Waals surface area contributed by atoms with E-state index < -0.39 is 5.97 Å². The molecule has 96 valence electrons. The zero-order valence-electron chi connectivity index (χ0n) is 9.85. The Morgan fingerprint density at radius 2 is 2.50 bits per heavy atom. The molecular weight excluding hydrogens is 258 g/mol. The first kappa shape index (κ1) is 12.9. The first-order chi connectivity index (χ1) is 8.70. The summed E-state index contributed by atoms with van der Waals surface area (Å²) in [6.07, 6.45) is 2.05. The van der Waals surface area contributed by atoms with E-state index in [0.717, 1.165) is 12.1 Å². The minimum Gasteiger partial charge on any atom is -0.462 e. The Bertz CT molecular complexity index is 482. The molecule has 0 radical (unpaired) electrons. The van der Waals surface area contributed by atoms with Gasteiger partial charge in [0.15, 0.2) is 5.82 Å². The Labute approximate surface area is 109 Å². The van der Waals surface area contributed by atoms with Crippen molar-refractivity contribution in [1.29, 1.82) is 0 Å². The second-order valence-corrected chi connectivity index (χ2v) is 3.92. The monoisotopic (exact) mass is 269 g/mol. The number of ether oxygens (including phenoxy) is 2. The van der Waals surface area contributed by atoms with Gasteiger partial charge in [0.25, 0.3) is 0 Å². The summed E-state index contributed by atoms with van der Waals surface area (Å²) in [6.45, 7) is 3.09. The highest BCUT2D eigenvalue weighted by molar-refractivity contribution is 6.28. The number of aliphatic imine (C=N–C) groups is 1. The molecule has 0 atom stereocenters. The summed E-state index contributed by atoms with van der Waals surface area (Å²) < 4.78 is 10.1. The highest BCUT2D eigenvalue weighted by Gasteiger charge is 2.17. The molecule has 2 rings (SSSR count). The summed E-state index contributed by atoms with van der Waals surface area (Å²) in [7, 11) is 0. The lowest BCUT2D eigenvalue weighted by Gasteiger charge is -2.04. The molecule has 0 aromatic carbocycles. The number of carbonyl (C=O) groups excluding carboxylic acids is 1. The summed E-state index contributed by atoms with van der Waals surface area (Å²) in [5.41, 5.74) is 1.04. The van der Waals surface area contributed by atoms with Crippen LogP contribution in [0.1, 0.15) is 23.7 Å². The first-order valence-corrected chi connectivity index (χ1v) is 5.92. The van der Waals surface area contributed by atoms with E-state index in [2.05, 4.69) is 15.0 Å². The molecule has 0 aliphatic carbocycles. The second kappa shape index (κ2) is 5.88. The SMILES string of the molecule is CCOC(=O)c1cnc(Cl)nc1/N=C1\CCOC1. The van der Waals surface area contributed by atoms with Gasteiger partial charge in [-0.05, 0) is 18.5 Å². The summed E-state index contributed by atoms with van der Waals surface area (Å²) in [5, 5.41) is 0.0429. The third-order valence-electron chi connectivity index (χ3n) is 2.30. The number of esters is 1. The summed E-state index contributed by atoms with van der Waals surface area (Å²) in [4.78, 5) is 23.7. The predicted molar refractivity (Wildman–Crippen MR) is 65.5 cm³/mol. The number of nitrogens with zero attached hydrogens (tertiary/aromatic N) is 3. The Morgan fingerprint density at radius 1 is 1.67 bits per heavy atom. The number of aromatic nitrogens is 2. The van der Waals surface area contributed by atoms with Crippen LogP contribution in [0.5, 0.6) is 0 Å². The number of rotatable bonds is 3. The molecule has 1 aromatic rings. The second-order valence-electron chi connectivity index (χ2n) is 3.58. The third kappa shape index (κ3) is 3.02. The summed E-state index contributed by atoms with van der Waals surface area (Å²) >= 11 is 5.71. The van der Waals surface area contributed by atoms with Crippen LogP contribution in [0.15, 0.2) is 11.2 Å². The lowest BCUT2D eigenvalue weighted by molar-refractivity contribution is 0.0526. The molecule has 6 nitrogen and oxygen atoms in total. The van der Waals surface area contributed by atoms with Crippen molar-refractivity contribution >= 4 is 29.1 Å². The van der Waals surface area contributed by atoms with E-state index in [4.69, 9.17) is 21.1 Å². The van der Waals surface area contributed by atoms with E-state index in [-0.39, 0.29) is 23.3 Å². The molecule has 18 heavy (non-hydrogen) atoms. The number of halogens is 1. The molecule has 0 unspecified atom stereocenters. The van der Waals surface area contributed by atoms with Crippen LogP contribution in [0.2, 0.25) is 5.28 Å². The average molecular weight is 270 g/mol. The Kier molecular flexibility index (Phi) is 4.22. The van der Waals surface area contributed by atoms with Crippen LogP contribution < -0.4 is 0 Å². The standard InChI is InChI=1S/C11H12ClN3O3/c1-2-18-10(16)8-5-13-11(12)15-9(8)14-7-3-4-17-6-7/h5H,2-4,6H2,1H3/b14-7+. The molecule has 0 amide bonds. The van der Waals surface area contributed by atoms with Gasteiger partial charge in [-0.15, -0.1) is 0 Å². The van der Waals surface area contributed by atoms with Crippen molar-refractivity contribution in [2.45, 2.75) is 13.3 Å². The highest BCUT2D eigenvalue weighted by Crippen LogP contribution is 2.20. The molecule has 7 heteroatoms. The zero-order valence-corrected chi connectivity index (χ0v) is 10.6. The van der Waals surface area contributed by atoms with Gasteiger partial charge in [0.2, 0.25) is 5.28 Å². The molecule has 0 spiro atoms. The first-order valence-electron chi connectivity index (χ1n) is 5.54. The van der Waals surface area contributed by atoms with Gasteiger partial charge in [-0.3, -0.25) is 0 Å². The normalized spacial score (nSPS) is 17.1. The van der Waals surface area contributed by atoms with Crippen molar-refractivity contribution < 1.29 is 14.3 Å². The third-order valence-corrected chi connectivity index (χ3v) is 2.48. The van der Waals surface area contributed by atoms with Crippen LogP contribution in [0.4, 0.5) is 5.82 Å². The van der Waals surface area contributed by atoms with Gasteiger partial charge in [0.05, 0.1) is 19.8 Å². The maximum Gasteiger partial charge on any atom is 0.343 e. The van der Waals surface area contributed by atoms with Crippen molar-refractivity contribution in [3.05, 3.63) is 17.0 Å².